The average molecular weight is 386 g/mol. The summed E-state index contributed by atoms with van der Waals surface area (Å²) in [5, 5.41) is 9.09. The topological polar surface area (TPSA) is 67.1 Å². The van der Waals surface area contributed by atoms with E-state index in [1.165, 1.54) is 32.1 Å². The number of hydrogen-bond donors (Lipinski definition) is 1. The largest absolute Gasteiger partial charge is 0.369 e. The van der Waals surface area contributed by atoms with Crippen molar-refractivity contribution in [2.24, 2.45) is 0 Å². The van der Waals surface area contributed by atoms with E-state index in [1.54, 1.807) is 0 Å². The van der Waals surface area contributed by atoms with E-state index in [2.05, 4.69) is 32.3 Å². The van der Waals surface area contributed by atoms with Crippen LogP contribution >= 0.6 is 11.6 Å². The number of likely N-dealkylation sites (tertiary alicyclic amines) is 1. The van der Waals surface area contributed by atoms with Crippen molar-refractivity contribution in [1.82, 2.24) is 20.0 Å². The maximum Gasteiger partial charge on any atom is 0.263 e. The summed E-state index contributed by atoms with van der Waals surface area (Å²) in [7, 11) is 0. The summed E-state index contributed by atoms with van der Waals surface area (Å²) in [6, 6.07) is 8.25. The molecule has 1 fully saturated rings. The van der Waals surface area contributed by atoms with Crippen molar-refractivity contribution in [2.75, 3.05) is 25.0 Å². The molecule has 0 saturated carbocycles. The lowest BCUT2D eigenvalue weighted by molar-refractivity contribution is 0.160. The molecule has 0 spiro atoms. The Morgan fingerprint density at radius 1 is 1.30 bits per heavy atom. The van der Waals surface area contributed by atoms with Gasteiger partial charge in [-0.25, -0.2) is 4.98 Å². The number of hydrogen-bond acceptors (Lipinski definition) is 6. The standard InChI is InChI=1S/C20H24ClN5O/c1-14-6-2-3-10-26(14)11-5-9-22-19-17-18(15-7-4-8-16(21)12-15)25-27-20(17)24-13-23-19/h4,7-8,12-14H,2-3,5-6,9-11H2,1H3,(H,22,23,24). The van der Waals surface area contributed by atoms with Crippen molar-refractivity contribution in [1.29, 1.82) is 0 Å². The molecular weight excluding hydrogens is 362 g/mol. The SMILES string of the molecule is CC1CCCCN1CCCNc1ncnc2onc(-c3cccc(Cl)c3)c12. The summed E-state index contributed by atoms with van der Waals surface area (Å²) in [6.45, 7) is 5.49. The van der Waals surface area contributed by atoms with E-state index in [-0.39, 0.29) is 0 Å². The van der Waals surface area contributed by atoms with Crippen LogP contribution in [-0.4, -0.2) is 45.7 Å². The van der Waals surface area contributed by atoms with Gasteiger partial charge in [0.25, 0.3) is 5.71 Å². The van der Waals surface area contributed by atoms with Gasteiger partial charge < -0.3 is 14.7 Å². The highest BCUT2D eigenvalue weighted by molar-refractivity contribution is 6.30. The van der Waals surface area contributed by atoms with Crippen LogP contribution in [0, 0.1) is 0 Å². The zero-order valence-electron chi connectivity index (χ0n) is 15.5. The molecule has 3 aromatic rings. The van der Waals surface area contributed by atoms with Crippen LogP contribution < -0.4 is 5.32 Å². The molecule has 1 aliphatic rings. The minimum absolute atomic E-state index is 0.479. The molecule has 1 saturated heterocycles. The lowest BCUT2D eigenvalue weighted by Gasteiger charge is -2.33. The molecule has 2 aromatic heterocycles. The van der Waals surface area contributed by atoms with Crippen molar-refractivity contribution in [2.45, 2.75) is 38.6 Å². The van der Waals surface area contributed by atoms with Crippen molar-refractivity contribution < 1.29 is 4.52 Å². The minimum atomic E-state index is 0.479. The third-order valence-corrected chi connectivity index (χ3v) is 5.46. The van der Waals surface area contributed by atoms with E-state index in [9.17, 15) is 0 Å². The molecular formula is C20H24ClN5O. The Kier molecular flexibility index (Phi) is 5.55. The van der Waals surface area contributed by atoms with Gasteiger partial charge in [-0.3, -0.25) is 0 Å². The Bertz CT molecular complexity index is 912. The van der Waals surface area contributed by atoms with E-state index < -0.39 is 0 Å². The summed E-state index contributed by atoms with van der Waals surface area (Å²) in [5.74, 6) is 0.753. The number of anilines is 1. The molecule has 3 heterocycles. The fourth-order valence-electron chi connectivity index (χ4n) is 3.73. The molecule has 1 N–H and O–H groups in total. The van der Waals surface area contributed by atoms with Crippen LogP contribution in [0.4, 0.5) is 5.82 Å². The molecule has 6 nitrogen and oxygen atoms in total. The van der Waals surface area contributed by atoms with Gasteiger partial charge in [0.05, 0.1) is 0 Å². The number of halogens is 1. The van der Waals surface area contributed by atoms with Gasteiger partial charge >= 0.3 is 0 Å². The molecule has 1 atom stereocenters. The van der Waals surface area contributed by atoms with Gasteiger partial charge in [-0.1, -0.05) is 35.3 Å². The summed E-state index contributed by atoms with van der Waals surface area (Å²) >= 11 is 6.13. The highest BCUT2D eigenvalue weighted by Crippen LogP contribution is 2.32. The number of piperidine rings is 1. The fourth-order valence-corrected chi connectivity index (χ4v) is 3.92. The molecule has 0 aliphatic carbocycles. The maximum absolute atomic E-state index is 6.13. The van der Waals surface area contributed by atoms with E-state index >= 15 is 0 Å². The van der Waals surface area contributed by atoms with Crippen molar-refractivity contribution >= 4 is 28.5 Å². The predicted octanol–water partition coefficient (Wildman–Crippen LogP) is 4.61. The molecule has 7 heteroatoms. The molecule has 1 aliphatic heterocycles. The minimum Gasteiger partial charge on any atom is -0.369 e. The Morgan fingerprint density at radius 3 is 3.07 bits per heavy atom. The number of benzene rings is 1. The fraction of sp³-hybridized carbons (Fsp3) is 0.450. The van der Waals surface area contributed by atoms with E-state index in [4.69, 9.17) is 16.1 Å². The van der Waals surface area contributed by atoms with Gasteiger partial charge in [0.15, 0.2) is 0 Å². The first-order chi connectivity index (χ1) is 13.2. The van der Waals surface area contributed by atoms with Crippen LogP contribution in [0.5, 0.6) is 0 Å². The van der Waals surface area contributed by atoms with Crippen LogP contribution in [-0.2, 0) is 0 Å². The molecule has 0 amide bonds. The Hall–Kier alpha value is -2.18. The maximum atomic E-state index is 6.13. The second kappa shape index (κ2) is 8.23. The number of nitrogens with zero attached hydrogens (tertiary/aromatic N) is 4. The third kappa shape index (κ3) is 4.06. The molecule has 1 aromatic carbocycles. The Labute approximate surface area is 163 Å². The van der Waals surface area contributed by atoms with E-state index in [0.717, 1.165) is 36.3 Å². The molecule has 1 unspecified atom stereocenters. The predicted molar refractivity (Wildman–Crippen MR) is 108 cm³/mol. The van der Waals surface area contributed by atoms with Crippen LogP contribution in [0.3, 0.4) is 0 Å². The van der Waals surface area contributed by atoms with Crippen LogP contribution in [0.1, 0.15) is 32.6 Å². The lowest BCUT2D eigenvalue weighted by Crippen LogP contribution is -2.38. The van der Waals surface area contributed by atoms with Crippen LogP contribution in [0.25, 0.3) is 22.4 Å². The number of rotatable bonds is 6. The Morgan fingerprint density at radius 2 is 2.22 bits per heavy atom. The van der Waals surface area contributed by atoms with Gasteiger partial charge in [0.1, 0.15) is 23.2 Å². The summed E-state index contributed by atoms with van der Waals surface area (Å²) in [5.41, 5.74) is 2.08. The summed E-state index contributed by atoms with van der Waals surface area (Å²) in [6.07, 6.45) is 6.55. The van der Waals surface area contributed by atoms with Crippen molar-refractivity contribution in [3.8, 4) is 11.3 Å². The summed E-state index contributed by atoms with van der Waals surface area (Å²) in [4.78, 5) is 11.2. The van der Waals surface area contributed by atoms with Gasteiger partial charge in [-0.15, -0.1) is 0 Å². The number of nitrogens with one attached hydrogen (secondary N) is 1. The lowest BCUT2D eigenvalue weighted by atomic mass is 10.0. The second-order valence-electron chi connectivity index (χ2n) is 7.11. The first-order valence-corrected chi connectivity index (χ1v) is 9.94. The molecule has 27 heavy (non-hydrogen) atoms. The zero-order chi connectivity index (χ0) is 18.6. The number of aromatic nitrogens is 3. The van der Waals surface area contributed by atoms with Gasteiger partial charge in [-0.05, 0) is 44.9 Å². The normalized spacial score (nSPS) is 18.1. The first-order valence-electron chi connectivity index (χ1n) is 9.56. The second-order valence-corrected chi connectivity index (χ2v) is 7.54. The highest BCUT2D eigenvalue weighted by atomic mass is 35.5. The number of fused-ring (bicyclic) bond motifs is 1. The van der Waals surface area contributed by atoms with E-state index in [1.807, 2.05) is 24.3 Å². The van der Waals surface area contributed by atoms with Gasteiger partial charge in [0, 0.05) is 29.7 Å². The van der Waals surface area contributed by atoms with E-state index in [0.29, 0.717) is 22.5 Å². The molecule has 142 valence electrons. The molecule has 4 rings (SSSR count). The van der Waals surface area contributed by atoms with Crippen LogP contribution in [0.2, 0.25) is 5.02 Å². The smallest absolute Gasteiger partial charge is 0.263 e. The van der Waals surface area contributed by atoms with Gasteiger partial charge in [-0.2, -0.15) is 4.98 Å². The zero-order valence-corrected chi connectivity index (χ0v) is 16.2. The molecule has 0 bridgehead atoms. The van der Waals surface area contributed by atoms with Crippen LogP contribution in [0.15, 0.2) is 35.1 Å². The third-order valence-electron chi connectivity index (χ3n) is 5.23. The summed E-state index contributed by atoms with van der Waals surface area (Å²) < 4.78 is 5.41. The average Bonchev–Trinajstić information content (AvgIpc) is 3.11. The van der Waals surface area contributed by atoms with Crippen molar-refractivity contribution in [3.05, 3.63) is 35.6 Å². The Balaban J connectivity index is 1.48. The monoisotopic (exact) mass is 385 g/mol. The quantitative estimate of drug-likeness (QED) is 0.625. The van der Waals surface area contributed by atoms with Crippen molar-refractivity contribution in [3.63, 3.8) is 0 Å². The van der Waals surface area contributed by atoms with Gasteiger partial charge in [0.2, 0.25) is 0 Å². The highest BCUT2D eigenvalue weighted by Gasteiger charge is 2.18. The molecule has 0 radical (unpaired) electrons. The first kappa shape index (κ1) is 18.2.